The molecule has 0 unspecified atom stereocenters. The second-order valence-electron chi connectivity index (χ2n) is 4.67. The molecule has 0 bridgehead atoms. The Labute approximate surface area is 107 Å². The maximum Gasteiger partial charge on any atom is 0.307 e. The zero-order valence-electron chi connectivity index (χ0n) is 10.0. The van der Waals surface area contributed by atoms with E-state index in [9.17, 15) is 13.2 Å². The quantitative estimate of drug-likeness (QED) is 0.907. The Bertz CT molecular complexity index is 542. The molecule has 0 aliphatic heterocycles. The lowest BCUT2D eigenvalue weighted by Crippen LogP contribution is -2.18. The molecule has 0 amide bonds. The van der Waals surface area contributed by atoms with E-state index in [1.54, 1.807) is 18.2 Å². The van der Waals surface area contributed by atoms with Crippen molar-refractivity contribution in [3.05, 3.63) is 29.8 Å². The standard InChI is InChI=1S/C13H16O4S/c14-13(15)9-10-4-3-7-12(8-10)18(16,17)11-5-1-2-6-11/h3-4,7-8,11H,1-2,5-6,9H2,(H,14,15). The van der Waals surface area contributed by atoms with Crippen LogP contribution in [-0.2, 0) is 21.1 Å². The minimum Gasteiger partial charge on any atom is -0.481 e. The Balaban J connectivity index is 2.29. The molecule has 0 radical (unpaired) electrons. The maximum atomic E-state index is 12.3. The number of sulfone groups is 1. The molecule has 1 aromatic carbocycles. The van der Waals surface area contributed by atoms with Crippen LogP contribution in [0.3, 0.4) is 0 Å². The molecule has 1 fully saturated rings. The lowest BCUT2D eigenvalue weighted by molar-refractivity contribution is -0.136. The molecule has 2 rings (SSSR count). The normalized spacial score (nSPS) is 16.9. The van der Waals surface area contributed by atoms with Crippen molar-refractivity contribution in [2.45, 2.75) is 42.2 Å². The predicted molar refractivity (Wildman–Crippen MR) is 67.2 cm³/mol. The van der Waals surface area contributed by atoms with Crippen molar-refractivity contribution in [2.24, 2.45) is 0 Å². The molecule has 0 spiro atoms. The summed E-state index contributed by atoms with van der Waals surface area (Å²) < 4.78 is 24.7. The molecular weight excluding hydrogens is 252 g/mol. The van der Waals surface area contributed by atoms with Crippen LogP contribution in [0.2, 0.25) is 0 Å². The van der Waals surface area contributed by atoms with E-state index in [1.807, 2.05) is 0 Å². The number of hydrogen-bond donors (Lipinski definition) is 1. The molecule has 5 heteroatoms. The van der Waals surface area contributed by atoms with Gasteiger partial charge in [-0.1, -0.05) is 25.0 Å². The van der Waals surface area contributed by atoms with E-state index in [-0.39, 0.29) is 16.6 Å². The van der Waals surface area contributed by atoms with Crippen molar-refractivity contribution in [3.63, 3.8) is 0 Å². The topological polar surface area (TPSA) is 71.4 Å². The minimum absolute atomic E-state index is 0.145. The summed E-state index contributed by atoms with van der Waals surface area (Å²) in [5.41, 5.74) is 0.529. The summed E-state index contributed by atoms with van der Waals surface area (Å²) in [5, 5.41) is 8.43. The number of carbonyl (C=O) groups is 1. The highest BCUT2D eigenvalue weighted by molar-refractivity contribution is 7.92. The van der Waals surface area contributed by atoms with Crippen LogP contribution in [0.4, 0.5) is 0 Å². The predicted octanol–water partition coefficient (Wildman–Crippen LogP) is 2.03. The number of aliphatic carboxylic acids is 1. The van der Waals surface area contributed by atoms with Gasteiger partial charge in [0, 0.05) is 0 Å². The minimum atomic E-state index is -3.29. The molecule has 1 aliphatic rings. The van der Waals surface area contributed by atoms with Crippen molar-refractivity contribution in [2.75, 3.05) is 0 Å². The van der Waals surface area contributed by atoms with Gasteiger partial charge in [0.15, 0.2) is 9.84 Å². The fraction of sp³-hybridized carbons (Fsp3) is 0.462. The number of hydrogen-bond acceptors (Lipinski definition) is 3. The van der Waals surface area contributed by atoms with Crippen LogP contribution in [0.5, 0.6) is 0 Å². The van der Waals surface area contributed by atoms with Gasteiger partial charge in [-0.05, 0) is 30.5 Å². The van der Waals surface area contributed by atoms with Gasteiger partial charge in [-0.15, -0.1) is 0 Å². The Morgan fingerprint density at radius 2 is 1.94 bits per heavy atom. The van der Waals surface area contributed by atoms with Crippen LogP contribution in [-0.4, -0.2) is 24.7 Å². The fourth-order valence-electron chi connectivity index (χ4n) is 2.40. The monoisotopic (exact) mass is 268 g/mol. The maximum absolute atomic E-state index is 12.3. The van der Waals surface area contributed by atoms with E-state index in [1.165, 1.54) is 6.07 Å². The third kappa shape index (κ3) is 2.72. The molecule has 0 heterocycles. The third-order valence-corrected chi connectivity index (χ3v) is 5.58. The summed E-state index contributed by atoms with van der Waals surface area (Å²) in [7, 11) is -3.29. The van der Waals surface area contributed by atoms with Gasteiger partial charge in [-0.2, -0.15) is 0 Å². The highest BCUT2D eigenvalue weighted by Gasteiger charge is 2.30. The second-order valence-corrected chi connectivity index (χ2v) is 6.90. The zero-order valence-corrected chi connectivity index (χ0v) is 10.8. The highest BCUT2D eigenvalue weighted by atomic mass is 32.2. The van der Waals surface area contributed by atoms with E-state index in [2.05, 4.69) is 0 Å². The average Bonchev–Trinajstić information content (AvgIpc) is 2.82. The molecule has 0 atom stereocenters. The van der Waals surface area contributed by atoms with Crippen molar-refractivity contribution in [1.29, 1.82) is 0 Å². The summed E-state index contributed by atoms with van der Waals surface area (Å²) in [4.78, 5) is 10.9. The molecule has 4 nitrogen and oxygen atoms in total. The molecule has 1 aromatic rings. The van der Waals surface area contributed by atoms with Gasteiger partial charge >= 0.3 is 5.97 Å². The SMILES string of the molecule is O=C(O)Cc1cccc(S(=O)(=O)C2CCCC2)c1. The van der Waals surface area contributed by atoms with E-state index >= 15 is 0 Å². The fourth-order valence-corrected chi connectivity index (χ4v) is 4.32. The molecule has 1 saturated carbocycles. The van der Waals surface area contributed by atoms with Crippen molar-refractivity contribution in [1.82, 2.24) is 0 Å². The average molecular weight is 268 g/mol. The van der Waals surface area contributed by atoms with Gasteiger partial charge in [-0.25, -0.2) is 8.42 Å². The summed E-state index contributed by atoms with van der Waals surface area (Å²) in [6.07, 6.45) is 3.20. The molecule has 0 saturated heterocycles. The summed E-state index contributed by atoms with van der Waals surface area (Å²) in [6, 6.07) is 6.29. The number of carboxylic acids is 1. The van der Waals surface area contributed by atoms with Gasteiger partial charge in [0.1, 0.15) is 0 Å². The number of rotatable bonds is 4. The molecule has 18 heavy (non-hydrogen) atoms. The molecule has 98 valence electrons. The van der Waals surface area contributed by atoms with Crippen molar-refractivity contribution < 1.29 is 18.3 Å². The first-order chi connectivity index (χ1) is 8.50. The Hall–Kier alpha value is -1.36. The van der Waals surface area contributed by atoms with Crippen molar-refractivity contribution in [3.8, 4) is 0 Å². The molecule has 0 aromatic heterocycles. The van der Waals surface area contributed by atoms with Crippen LogP contribution in [0.1, 0.15) is 31.2 Å². The van der Waals surface area contributed by atoms with Crippen LogP contribution >= 0.6 is 0 Å². The number of carboxylic acid groups (broad SMARTS) is 1. The van der Waals surface area contributed by atoms with Gasteiger partial charge in [0.05, 0.1) is 16.6 Å². The Kier molecular flexibility index (Phi) is 3.71. The molecule has 1 N–H and O–H groups in total. The van der Waals surface area contributed by atoms with Crippen LogP contribution in [0.25, 0.3) is 0 Å². The van der Waals surface area contributed by atoms with Gasteiger partial charge in [0.25, 0.3) is 0 Å². The van der Waals surface area contributed by atoms with Crippen LogP contribution in [0.15, 0.2) is 29.2 Å². The first-order valence-electron chi connectivity index (χ1n) is 6.05. The van der Waals surface area contributed by atoms with E-state index in [0.717, 1.165) is 12.8 Å². The number of benzene rings is 1. The van der Waals surface area contributed by atoms with E-state index in [0.29, 0.717) is 18.4 Å². The van der Waals surface area contributed by atoms with Crippen molar-refractivity contribution >= 4 is 15.8 Å². The van der Waals surface area contributed by atoms with E-state index in [4.69, 9.17) is 5.11 Å². The smallest absolute Gasteiger partial charge is 0.307 e. The molecular formula is C13H16O4S. The van der Waals surface area contributed by atoms with Gasteiger partial charge in [0.2, 0.25) is 0 Å². The van der Waals surface area contributed by atoms with E-state index < -0.39 is 15.8 Å². The molecule has 1 aliphatic carbocycles. The van der Waals surface area contributed by atoms with Crippen LogP contribution < -0.4 is 0 Å². The zero-order chi connectivity index (χ0) is 13.2. The largest absolute Gasteiger partial charge is 0.481 e. The Morgan fingerprint density at radius 1 is 1.28 bits per heavy atom. The van der Waals surface area contributed by atoms with Crippen LogP contribution in [0, 0.1) is 0 Å². The second kappa shape index (κ2) is 5.10. The lowest BCUT2D eigenvalue weighted by atomic mass is 10.2. The highest BCUT2D eigenvalue weighted by Crippen LogP contribution is 2.29. The lowest BCUT2D eigenvalue weighted by Gasteiger charge is -2.11. The summed E-state index contributed by atoms with van der Waals surface area (Å²) >= 11 is 0. The Morgan fingerprint density at radius 3 is 2.56 bits per heavy atom. The summed E-state index contributed by atoms with van der Waals surface area (Å²) in [6.45, 7) is 0. The van der Waals surface area contributed by atoms with Gasteiger partial charge in [-0.3, -0.25) is 4.79 Å². The third-order valence-electron chi connectivity index (χ3n) is 3.32. The first kappa shape index (κ1) is 13.1. The van der Waals surface area contributed by atoms with Gasteiger partial charge < -0.3 is 5.11 Å². The summed E-state index contributed by atoms with van der Waals surface area (Å²) in [5.74, 6) is -0.953. The first-order valence-corrected chi connectivity index (χ1v) is 7.59.